The molecule has 2 fully saturated rings. The molecule has 1 aromatic heterocycles. The standard InChI is InChI=1S/C29H37N5O5S/c1-18(35)32-14-23-26-19(10-13-34(23)28(37)22-8-4-3-7-21(22)27(36)30-2)6-5-9-24(26)39-20-11-12-33(16-20)29(38)25-15-31-17-40-25/h5-6,9,15,17,20-23H,3-4,7-8,10-14,16H2,1-2H3,(H,30,36)(H,32,35)/t20?,21?,22?,23-/m1/s1. The van der Waals surface area contributed by atoms with E-state index in [1.165, 1.54) is 18.3 Å². The van der Waals surface area contributed by atoms with Gasteiger partial charge in [-0.3, -0.25) is 24.2 Å². The highest BCUT2D eigenvalue weighted by atomic mass is 32.1. The minimum absolute atomic E-state index is 0.0358. The number of nitrogens with one attached hydrogen (secondary N) is 2. The van der Waals surface area contributed by atoms with Crippen LogP contribution in [0.2, 0.25) is 0 Å². The Labute approximate surface area is 238 Å². The fourth-order valence-corrected chi connectivity index (χ4v) is 6.95. The summed E-state index contributed by atoms with van der Waals surface area (Å²) >= 11 is 1.33. The summed E-state index contributed by atoms with van der Waals surface area (Å²) in [6.45, 7) is 3.30. The molecule has 10 nitrogen and oxygen atoms in total. The zero-order valence-corrected chi connectivity index (χ0v) is 23.9. The van der Waals surface area contributed by atoms with Crippen molar-refractivity contribution >= 4 is 35.0 Å². The van der Waals surface area contributed by atoms with Crippen molar-refractivity contribution in [3.05, 3.63) is 45.9 Å². The first kappa shape index (κ1) is 28.1. The van der Waals surface area contributed by atoms with Crippen LogP contribution in [0.1, 0.15) is 65.9 Å². The van der Waals surface area contributed by atoms with E-state index in [2.05, 4.69) is 15.6 Å². The third-order valence-electron chi connectivity index (χ3n) is 8.35. The minimum Gasteiger partial charge on any atom is -0.488 e. The summed E-state index contributed by atoms with van der Waals surface area (Å²) < 4.78 is 6.54. The first-order valence-corrected chi connectivity index (χ1v) is 15.0. The van der Waals surface area contributed by atoms with E-state index in [1.54, 1.807) is 23.7 Å². The van der Waals surface area contributed by atoms with Gasteiger partial charge in [0.15, 0.2) is 0 Å². The van der Waals surface area contributed by atoms with Gasteiger partial charge in [-0.15, -0.1) is 11.3 Å². The van der Waals surface area contributed by atoms with Crippen molar-refractivity contribution in [3.63, 3.8) is 0 Å². The molecule has 4 atom stereocenters. The van der Waals surface area contributed by atoms with E-state index in [-0.39, 0.29) is 48.1 Å². The topological polar surface area (TPSA) is 121 Å². The summed E-state index contributed by atoms with van der Waals surface area (Å²) in [5.41, 5.74) is 3.63. The predicted molar refractivity (Wildman–Crippen MR) is 150 cm³/mol. The zero-order valence-electron chi connectivity index (χ0n) is 23.1. The molecule has 0 bridgehead atoms. The monoisotopic (exact) mass is 567 g/mol. The van der Waals surface area contributed by atoms with Crippen molar-refractivity contribution in [2.45, 2.75) is 57.6 Å². The van der Waals surface area contributed by atoms with Gasteiger partial charge in [-0.2, -0.15) is 0 Å². The normalized spacial score (nSPS) is 24.2. The van der Waals surface area contributed by atoms with E-state index in [1.807, 2.05) is 23.1 Å². The molecule has 1 aromatic carbocycles. The number of hydrogen-bond donors (Lipinski definition) is 2. The number of benzene rings is 1. The van der Waals surface area contributed by atoms with Crippen LogP contribution in [-0.2, 0) is 20.8 Å². The van der Waals surface area contributed by atoms with Crippen LogP contribution in [0.3, 0.4) is 0 Å². The van der Waals surface area contributed by atoms with Crippen LogP contribution in [0.4, 0.5) is 0 Å². The van der Waals surface area contributed by atoms with Crippen LogP contribution >= 0.6 is 11.3 Å². The predicted octanol–water partition coefficient (Wildman–Crippen LogP) is 2.55. The van der Waals surface area contributed by atoms with E-state index < -0.39 is 6.04 Å². The fraction of sp³-hybridized carbons (Fsp3) is 0.552. The lowest BCUT2D eigenvalue weighted by Gasteiger charge is -2.42. The molecule has 0 spiro atoms. The molecular weight excluding hydrogens is 530 g/mol. The Bertz CT molecular complexity index is 1250. The third-order valence-corrected chi connectivity index (χ3v) is 9.11. The van der Waals surface area contributed by atoms with Crippen molar-refractivity contribution in [3.8, 4) is 5.75 Å². The number of thiazole rings is 1. The lowest BCUT2D eigenvalue weighted by Crippen LogP contribution is -2.50. The van der Waals surface area contributed by atoms with Crippen molar-refractivity contribution in [2.75, 3.05) is 33.2 Å². The van der Waals surface area contributed by atoms with Crippen molar-refractivity contribution in [1.29, 1.82) is 0 Å². The molecule has 214 valence electrons. The average Bonchev–Trinajstić information content (AvgIpc) is 3.68. The maximum atomic E-state index is 14.1. The van der Waals surface area contributed by atoms with Gasteiger partial charge < -0.3 is 25.2 Å². The molecule has 11 heteroatoms. The third kappa shape index (κ3) is 5.84. The molecule has 2 N–H and O–H groups in total. The number of aromatic nitrogens is 1. The summed E-state index contributed by atoms with van der Waals surface area (Å²) in [5, 5.41) is 5.66. The van der Waals surface area contributed by atoms with E-state index >= 15 is 0 Å². The lowest BCUT2D eigenvalue weighted by atomic mass is 9.77. The van der Waals surface area contributed by atoms with E-state index in [0.717, 1.165) is 24.0 Å². The molecule has 4 amide bonds. The fourth-order valence-electron chi connectivity index (χ4n) is 6.36. The molecule has 5 rings (SSSR count). The molecule has 0 radical (unpaired) electrons. The SMILES string of the molecule is CNC(=O)C1CCCCC1C(=O)N1CCc2cccc(OC3CCN(C(=O)c4cncs4)C3)c2[C@H]1CNC(C)=O. The molecule has 3 unspecified atom stereocenters. The summed E-state index contributed by atoms with van der Waals surface area (Å²) in [5.74, 6) is -0.392. The summed E-state index contributed by atoms with van der Waals surface area (Å²) in [4.78, 5) is 59.8. The second kappa shape index (κ2) is 12.4. The van der Waals surface area contributed by atoms with Gasteiger partial charge in [-0.05, 0) is 30.9 Å². The van der Waals surface area contributed by atoms with E-state index in [0.29, 0.717) is 55.9 Å². The van der Waals surface area contributed by atoms with Crippen molar-refractivity contribution in [1.82, 2.24) is 25.4 Å². The smallest absolute Gasteiger partial charge is 0.265 e. The number of rotatable bonds is 7. The number of carbonyl (C=O) groups excluding carboxylic acids is 4. The highest BCUT2D eigenvalue weighted by Crippen LogP contribution is 2.40. The van der Waals surface area contributed by atoms with Gasteiger partial charge in [-0.25, -0.2) is 0 Å². The van der Waals surface area contributed by atoms with Gasteiger partial charge in [0.25, 0.3) is 5.91 Å². The van der Waals surface area contributed by atoms with Crippen LogP contribution in [0.15, 0.2) is 29.9 Å². The molecule has 1 saturated heterocycles. The van der Waals surface area contributed by atoms with Crippen LogP contribution in [0.25, 0.3) is 0 Å². The highest BCUT2D eigenvalue weighted by Gasteiger charge is 2.42. The number of hydrogen-bond acceptors (Lipinski definition) is 7. The van der Waals surface area contributed by atoms with Gasteiger partial charge in [-0.1, -0.05) is 25.0 Å². The van der Waals surface area contributed by atoms with Crippen LogP contribution in [-0.4, -0.2) is 77.7 Å². The second-order valence-electron chi connectivity index (χ2n) is 10.8. The zero-order chi connectivity index (χ0) is 28.2. The molecule has 3 aliphatic rings. The molecule has 1 saturated carbocycles. The van der Waals surface area contributed by atoms with Crippen molar-refractivity contribution < 1.29 is 23.9 Å². The van der Waals surface area contributed by atoms with Gasteiger partial charge in [0.05, 0.1) is 24.3 Å². The van der Waals surface area contributed by atoms with Gasteiger partial charge in [0, 0.05) is 57.4 Å². The number of carbonyl (C=O) groups is 4. The minimum atomic E-state index is -0.417. The lowest BCUT2D eigenvalue weighted by molar-refractivity contribution is -0.146. The highest BCUT2D eigenvalue weighted by molar-refractivity contribution is 7.11. The van der Waals surface area contributed by atoms with Crippen molar-refractivity contribution in [2.24, 2.45) is 11.8 Å². The van der Waals surface area contributed by atoms with Gasteiger partial charge >= 0.3 is 0 Å². The Morgan fingerprint density at radius 3 is 2.62 bits per heavy atom. The van der Waals surface area contributed by atoms with Gasteiger partial charge in [0.1, 0.15) is 16.7 Å². The quantitative estimate of drug-likeness (QED) is 0.531. The maximum Gasteiger partial charge on any atom is 0.265 e. The van der Waals surface area contributed by atoms with Crippen LogP contribution < -0.4 is 15.4 Å². The summed E-state index contributed by atoms with van der Waals surface area (Å²) in [6, 6.07) is 5.50. The average molecular weight is 568 g/mol. The number of nitrogens with zero attached hydrogens (tertiary/aromatic N) is 3. The Balaban J connectivity index is 1.39. The Morgan fingerprint density at radius 1 is 1.10 bits per heavy atom. The van der Waals surface area contributed by atoms with Gasteiger partial charge in [0.2, 0.25) is 17.7 Å². The van der Waals surface area contributed by atoms with E-state index in [4.69, 9.17) is 4.74 Å². The summed E-state index contributed by atoms with van der Waals surface area (Å²) in [7, 11) is 1.62. The molecular formula is C29H37N5O5S. The molecule has 1 aliphatic carbocycles. The van der Waals surface area contributed by atoms with E-state index in [9.17, 15) is 19.2 Å². The maximum absolute atomic E-state index is 14.1. The molecule has 3 heterocycles. The Morgan fingerprint density at radius 2 is 1.90 bits per heavy atom. The summed E-state index contributed by atoms with van der Waals surface area (Å²) in [6.07, 6.45) is 5.98. The van der Waals surface area contributed by atoms with Crippen LogP contribution in [0, 0.1) is 11.8 Å². The first-order chi connectivity index (χ1) is 19.4. The number of fused-ring (bicyclic) bond motifs is 1. The number of ether oxygens (including phenoxy) is 1. The van der Waals surface area contributed by atoms with Crippen LogP contribution in [0.5, 0.6) is 5.75 Å². The first-order valence-electron chi connectivity index (χ1n) is 14.1. The molecule has 2 aromatic rings. The number of amides is 4. The molecule has 2 aliphatic heterocycles. The Hall–Kier alpha value is -3.47. The second-order valence-corrected chi connectivity index (χ2v) is 11.7. The molecule has 40 heavy (non-hydrogen) atoms. The number of likely N-dealkylation sites (tertiary alicyclic amines) is 1. The Kier molecular flexibility index (Phi) is 8.68. The largest absolute Gasteiger partial charge is 0.488 e.